The van der Waals surface area contributed by atoms with Gasteiger partial charge in [-0.1, -0.05) is 18.2 Å². The monoisotopic (exact) mass is 425 g/mol. The van der Waals surface area contributed by atoms with Crippen LogP contribution in [0.2, 0.25) is 0 Å². The van der Waals surface area contributed by atoms with Gasteiger partial charge < -0.3 is 30.0 Å². The first-order valence-corrected chi connectivity index (χ1v) is 9.83. The number of hydrogen-bond acceptors (Lipinski definition) is 7. The third-order valence-corrected chi connectivity index (χ3v) is 4.89. The summed E-state index contributed by atoms with van der Waals surface area (Å²) in [6.07, 6.45) is -1.26. The van der Waals surface area contributed by atoms with Gasteiger partial charge in [0.15, 0.2) is 6.29 Å². The number of nitrogens with one attached hydrogen (secondary N) is 2. The fraction of sp³-hybridized carbons (Fsp3) is 0.304. The van der Waals surface area contributed by atoms with Crippen LogP contribution in [0.15, 0.2) is 48.5 Å². The minimum Gasteiger partial charge on any atom is -0.497 e. The Morgan fingerprint density at radius 2 is 1.84 bits per heavy atom. The lowest BCUT2D eigenvalue weighted by atomic mass is 10.1. The van der Waals surface area contributed by atoms with Gasteiger partial charge in [-0.05, 0) is 37.3 Å². The van der Waals surface area contributed by atoms with Gasteiger partial charge in [-0.25, -0.2) is 4.98 Å². The van der Waals surface area contributed by atoms with Gasteiger partial charge in [0.2, 0.25) is 0 Å². The molecule has 1 heterocycles. The normalized spacial score (nSPS) is 12.1. The van der Waals surface area contributed by atoms with Crippen molar-refractivity contribution in [3.8, 4) is 5.75 Å². The van der Waals surface area contributed by atoms with Crippen molar-refractivity contribution >= 4 is 28.3 Å². The van der Waals surface area contributed by atoms with Gasteiger partial charge in [-0.15, -0.1) is 0 Å². The van der Waals surface area contributed by atoms with Gasteiger partial charge >= 0.3 is 0 Å². The minimum absolute atomic E-state index is 0.204. The second-order valence-electron chi connectivity index (χ2n) is 6.94. The van der Waals surface area contributed by atoms with Gasteiger partial charge in [0.05, 0.1) is 30.8 Å². The summed E-state index contributed by atoms with van der Waals surface area (Å²) in [5.74, 6) is 0.844. The Morgan fingerprint density at radius 1 is 1.10 bits per heavy atom. The molecule has 0 saturated heterocycles. The van der Waals surface area contributed by atoms with Gasteiger partial charge in [0.1, 0.15) is 11.6 Å². The van der Waals surface area contributed by atoms with Crippen LogP contribution in [-0.4, -0.2) is 50.2 Å². The number of anilines is 2. The van der Waals surface area contributed by atoms with Gasteiger partial charge in [0, 0.05) is 30.9 Å². The summed E-state index contributed by atoms with van der Waals surface area (Å²) < 4.78 is 15.5. The highest BCUT2D eigenvalue weighted by Gasteiger charge is 2.16. The molecule has 3 rings (SSSR count). The summed E-state index contributed by atoms with van der Waals surface area (Å²) in [7, 11) is 4.60. The Kier molecular flexibility index (Phi) is 7.41. The van der Waals surface area contributed by atoms with Crippen molar-refractivity contribution in [3.63, 3.8) is 0 Å². The highest BCUT2D eigenvalue weighted by Crippen LogP contribution is 2.30. The fourth-order valence-corrected chi connectivity index (χ4v) is 3.23. The van der Waals surface area contributed by atoms with Crippen LogP contribution in [-0.2, 0) is 9.47 Å². The maximum absolute atomic E-state index is 12.9. The Labute approximate surface area is 181 Å². The fourth-order valence-electron chi connectivity index (χ4n) is 3.23. The van der Waals surface area contributed by atoms with Crippen molar-refractivity contribution in [1.29, 1.82) is 0 Å². The molecule has 1 aromatic heterocycles. The van der Waals surface area contributed by atoms with E-state index in [4.69, 9.17) is 14.2 Å². The van der Waals surface area contributed by atoms with Crippen molar-refractivity contribution in [2.45, 2.75) is 19.3 Å². The molecular formula is C23H27N3O5. The number of aliphatic hydroxyl groups excluding tert-OH is 1. The zero-order valence-corrected chi connectivity index (χ0v) is 18.0. The number of ether oxygens (including phenoxy) is 3. The van der Waals surface area contributed by atoms with E-state index in [0.29, 0.717) is 33.9 Å². The molecule has 31 heavy (non-hydrogen) atoms. The minimum atomic E-state index is -0.721. The summed E-state index contributed by atoms with van der Waals surface area (Å²) in [5, 5.41) is 17.0. The molecule has 8 heteroatoms. The third kappa shape index (κ3) is 5.29. The number of benzene rings is 2. The zero-order valence-electron chi connectivity index (χ0n) is 18.0. The average molecular weight is 425 g/mol. The number of pyridine rings is 1. The van der Waals surface area contributed by atoms with E-state index in [9.17, 15) is 9.90 Å². The SMILES string of the molecule is COc1ccc(Nc2cc(C(=O)NCC(OC)OC)c3ccccc3n2)c(C(C)O)c1. The quantitative estimate of drug-likeness (QED) is 0.452. The van der Waals surface area contributed by atoms with Crippen molar-refractivity contribution in [1.82, 2.24) is 10.3 Å². The van der Waals surface area contributed by atoms with Crippen LogP contribution in [0.4, 0.5) is 11.5 Å². The van der Waals surface area contributed by atoms with Crippen LogP contribution in [0.5, 0.6) is 5.75 Å². The molecule has 1 atom stereocenters. The molecule has 0 spiro atoms. The van der Waals surface area contributed by atoms with Crippen LogP contribution in [0.25, 0.3) is 10.9 Å². The second kappa shape index (κ2) is 10.2. The molecule has 3 aromatic rings. The third-order valence-electron chi connectivity index (χ3n) is 4.89. The standard InChI is InChI=1S/C23H27N3O5/c1-14(27)17-11-15(29-2)9-10-20(17)26-21-12-18(16-7-5-6-8-19(16)25-21)23(28)24-13-22(30-3)31-4/h5-12,14,22,27H,13H2,1-4H3,(H,24,28)(H,25,26). The van der Waals surface area contributed by atoms with Crippen LogP contribution >= 0.6 is 0 Å². The zero-order chi connectivity index (χ0) is 22.4. The lowest BCUT2D eigenvalue weighted by Gasteiger charge is -2.17. The number of aromatic nitrogens is 1. The van der Waals surface area contributed by atoms with E-state index < -0.39 is 12.4 Å². The molecule has 0 aliphatic rings. The highest BCUT2D eigenvalue weighted by molar-refractivity contribution is 6.07. The van der Waals surface area contributed by atoms with Crippen LogP contribution < -0.4 is 15.4 Å². The first-order chi connectivity index (χ1) is 15.0. The number of aliphatic hydroxyl groups is 1. The lowest BCUT2D eigenvalue weighted by Crippen LogP contribution is -2.34. The Hall–Kier alpha value is -3.20. The molecule has 0 fully saturated rings. The number of fused-ring (bicyclic) bond motifs is 1. The number of methoxy groups -OCH3 is 3. The molecule has 2 aromatic carbocycles. The maximum Gasteiger partial charge on any atom is 0.252 e. The second-order valence-corrected chi connectivity index (χ2v) is 6.94. The number of nitrogens with zero attached hydrogens (tertiary/aromatic N) is 1. The Balaban J connectivity index is 1.97. The van der Waals surface area contributed by atoms with Crippen molar-refractivity contribution in [2.75, 3.05) is 33.2 Å². The number of amides is 1. The summed E-state index contributed by atoms with van der Waals surface area (Å²) >= 11 is 0. The molecule has 0 aliphatic heterocycles. The molecule has 0 bridgehead atoms. The van der Waals surface area contributed by atoms with Gasteiger partial charge in [0.25, 0.3) is 5.91 Å². The molecule has 164 valence electrons. The predicted molar refractivity (Wildman–Crippen MR) is 119 cm³/mol. The highest BCUT2D eigenvalue weighted by atomic mass is 16.7. The Bertz CT molecular complexity index is 1050. The van der Waals surface area contributed by atoms with Crippen LogP contribution in [0.1, 0.15) is 28.9 Å². The van der Waals surface area contributed by atoms with Crippen molar-refractivity contribution < 1.29 is 24.1 Å². The smallest absolute Gasteiger partial charge is 0.252 e. The van der Waals surface area contributed by atoms with E-state index in [0.717, 1.165) is 5.39 Å². The number of hydrogen-bond donors (Lipinski definition) is 3. The number of carbonyl (C=O) groups is 1. The lowest BCUT2D eigenvalue weighted by molar-refractivity contribution is -0.0974. The van der Waals surface area contributed by atoms with E-state index in [-0.39, 0.29) is 12.5 Å². The first kappa shape index (κ1) is 22.5. The Morgan fingerprint density at radius 3 is 2.52 bits per heavy atom. The molecule has 0 aliphatic carbocycles. The number of carbonyl (C=O) groups excluding carboxylic acids is 1. The molecule has 0 saturated carbocycles. The number of para-hydroxylation sites is 1. The summed E-state index contributed by atoms with van der Waals surface area (Å²) in [5.41, 5.74) is 2.46. The molecule has 1 amide bonds. The van der Waals surface area contributed by atoms with E-state index in [1.165, 1.54) is 14.2 Å². The largest absolute Gasteiger partial charge is 0.497 e. The average Bonchev–Trinajstić information content (AvgIpc) is 2.79. The van der Waals surface area contributed by atoms with Crippen LogP contribution in [0, 0.1) is 0 Å². The molecule has 8 nitrogen and oxygen atoms in total. The van der Waals surface area contributed by atoms with E-state index >= 15 is 0 Å². The summed E-state index contributed by atoms with van der Waals surface area (Å²) in [6.45, 7) is 1.88. The summed E-state index contributed by atoms with van der Waals surface area (Å²) in [4.78, 5) is 17.6. The van der Waals surface area contributed by atoms with E-state index in [1.807, 2.05) is 24.3 Å². The molecular weight excluding hydrogens is 398 g/mol. The van der Waals surface area contributed by atoms with Crippen molar-refractivity contribution in [2.24, 2.45) is 0 Å². The van der Waals surface area contributed by atoms with Gasteiger partial charge in [-0.3, -0.25) is 4.79 Å². The van der Waals surface area contributed by atoms with E-state index in [2.05, 4.69) is 15.6 Å². The maximum atomic E-state index is 12.9. The number of rotatable bonds is 9. The molecule has 0 radical (unpaired) electrons. The molecule has 1 unspecified atom stereocenters. The topological polar surface area (TPSA) is 102 Å². The predicted octanol–water partition coefficient (Wildman–Crippen LogP) is 3.39. The van der Waals surface area contributed by atoms with E-state index in [1.54, 1.807) is 38.3 Å². The summed E-state index contributed by atoms with van der Waals surface area (Å²) in [6, 6.07) is 14.4. The van der Waals surface area contributed by atoms with Crippen molar-refractivity contribution in [3.05, 3.63) is 59.7 Å². The first-order valence-electron chi connectivity index (χ1n) is 9.83. The van der Waals surface area contributed by atoms with Crippen LogP contribution in [0.3, 0.4) is 0 Å². The molecule has 3 N–H and O–H groups in total. The van der Waals surface area contributed by atoms with Gasteiger partial charge in [-0.2, -0.15) is 0 Å².